The molecule has 1 aromatic rings. The van der Waals surface area contributed by atoms with Gasteiger partial charge in [0.2, 0.25) is 5.91 Å². The molecule has 1 unspecified atom stereocenters. The molecule has 0 radical (unpaired) electrons. The lowest BCUT2D eigenvalue weighted by Gasteiger charge is -2.27. The highest BCUT2D eigenvalue weighted by Crippen LogP contribution is 2.15. The van der Waals surface area contributed by atoms with Crippen LogP contribution in [-0.2, 0) is 11.3 Å². The number of benzene rings is 1. The van der Waals surface area contributed by atoms with E-state index in [0.717, 1.165) is 43.9 Å². The summed E-state index contributed by atoms with van der Waals surface area (Å²) in [6, 6.07) is 7.58. The number of rotatable bonds is 4. The fourth-order valence-corrected chi connectivity index (χ4v) is 2.68. The number of amides is 1. The lowest BCUT2D eigenvalue weighted by Crippen LogP contribution is -2.43. The first kappa shape index (κ1) is 15.9. The van der Waals surface area contributed by atoms with Crippen molar-refractivity contribution in [3.05, 3.63) is 29.8 Å². The largest absolute Gasteiger partial charge is 0.326 e. The van der Waals surface area contributed by atoms with Crippen LogP contribution in [0, 0.1) is 0 Å². The zero-order chi connectivity index (χ0) is 15.2. The lowest BCUT2D eigenvalue weighted by atomic mass is 10.1. The summed E-state index contributed by atoms with van der Waals surface area (Å²) >= 11 is 0. The molecule has 1 aliphatic rings. The highest BCUT2D eigenvalue weighted by atomic mass is 16.2. The quantitative estimate of drug-likeness (QED) is 0.872. The Morgan fingerprint density at radius 1 is 1.29 bits per heavy atom. The first-order chi connectivity index (χ1) is 10.1. The summed E-state index contributed by atoms with van der Waals surface area (Å²) in [5.41, 5.74) is 7.50. The maximum Gasteiger partial charge on any atom is 0.241 e. The second-order valence-electron chi connectivity index (χ2n) is 5.72. The van der Waals surface area contributed by atoms with Gasteiger partial charge in [-0.1, -0.05) is 18.2 Å². The highest BCUT2D eigenvalue weighted by Gasteiger charge is 2.23. The summed E-state index contributed by atoms with van der Waals surface area (Å²) in [6.07, 6.45) is 1.10. The molecular weight excluding hydrogens is 264 g/mol. The number of nitrogens with two attached hydrogens (primary N) is 1. The fraction of sp³-hybridized carbons (Fsp3) is 0.562. The SMILES string of the molecule is CC(C(=O)Nc1ccccc1CN)N1CCCN(C)CC1. The number of nitrogens with zero attached hydrogens (tertiary/aromatic N) is 2. The van der Waals surface area contributed by atoms with Crippen LogP contribution in [0.1, 0.15) is 18.9 Å². The van der Waals surface area contributed by atoms with Gasteiger partial charge in [0.15, 0.2) is 0 Å². The van der Waals surface area contributed by atoms with Crippen LogP contribution < -0.4 is 11.1 Å². The third-order valence-corrected chi connectivity index (χ3v) is 4.18. The van der Waals surface area contributed by atoms with Gasteiger partial charge < -0.3 is 16.0 Å². The molecule has 5 heteroatoms. The van der Waals surface area contributed by atoms with E-state index in [-0.39, 0.29) is 11.9 Å². The third-order valence-electron chi connectivity index (χ3n) is 4.18. The molecule has 1 heterocycles. The molecule has 0 aliphatic carbocycles. The number of para-hydroxylation sites is 1. The van der Waals surface area contributed by atoms with Gasteiger partial charge in [-0.3, -0.25) is 9.69 Å². The Labute approximate surface area is 127 Å². The molecular formula is C16H26N4O. The van der Waals surface area contributed by atoms with Crippen molar-refractivity contribution in [2.45, 2.75) is 25.9 Å². The fourth-order valence-electron chi connectivity index (χ4n) is 2.68. The molecule has 1 amide bonds. The van der Waals surface area contributed by atoms with Crippen LogP contribution in [0.5, 0.6) is 0 Å². The van der Waals surface area contributed by atoms with Gasteiger partial charge in [-0.15, -0.1) is 0 Å². The molecule has 21 heavy (non-hydrogen) atoms. The Balaban J connectivity index is 1.98. The molecule has 1 fully saturated rings. The second-order valence-corrected chi connectivity index (χ2v) is 5.72. The number of hydrogen-bond acceptors (Lipinski definition) is 4. The molecule has 2 rings (SSSR count). The van der Waals surface area contributed by atoms with E-state index in [1.54, 1.807) is 0 Å². The van der Waals surface area contributed by atoms with E-state index in [4.69, 9.17) is 5.73 Å². The van der Waals surface area contributed by atoms with Crippen LogP contribution in [0.25, 0.3) is 0 Å². The maximum atomic E-state index is 12.5. The minimum Gasteiger partial charge on any atom is -0.326 e. The van der Waals surface area contributed by atoms with Crippen molar-refractivity contribution in [3.63, 3.8) is 0 Å². The summed E-state index contributed by atoms with van der Waals surface area (Å²) in [4.78, 5) is 17.0. The first-order valence-corrected chi connectivity index (χ1v) is 7.63. The molecule has 0 aromatic heterocycles. The van der Waals surface area contributed by atoms with Crippen LogP contribution >= 0.6 is 0 Å². The zero-order valence-corrected chi connectivity index (χ0v) is 13.0. The summed E-state index contributed by atoms with van der Waals surface area (Å²) in [7, 11) is 2.13. The Hall–Kier alpha value is -1.43. The molecule has 0 bridgehead atoms. The normalized spacial score (nSPS) is 19.0. The third kappa shape index (κ3) is 4.27. The summed E-state index contributed by atoms with van der Waals surface area (Å²) in [5.74, 6) is 0.0421. The first-order valence-electron chi connectivity index (χ1n) is 7.63. The predicted octanol–water partition coefficient (Wildman–Crippen LogP) is 1.11. The highest BCUT2D eigenvalue weighted by molar-refractivity contribution is 5.95. The van der Waals surface area contributed by atoms with Crippen molar-refractivity contribution < 1.29 is 4.79 Å². The van der Waals surface area contributed by atoms with Crippen LogP contribution in [0.2, 0.25) is 0 Å². The molecule has 3 N–H and O–H groups in total. The van der Waals surface area contributed by atoms with Crippen LogP contribution in [0.3, 0.4) is 0 Å². The van der Waals surface area contributed by atoms with Gasteiger partial charge in [0, 0.05) is 31.9 Å². The zero-order valence-electron chi connectivity index (χ0n) is 13.0. The van der Waals surface area contributed by atoms with Crippen LogP contribution in [-0.4, -0.2) is 55.0 Å². The van der Waals surface area contributed by atoms with E-state index in [1.165, 1.54) is 0 Å². The van der Waals surface area contributed by atoms with Crippen molar-refractivity contribution >= 4 is 11.6 Å². The van der Waals surface area contributed by atoms with Crippen molar-refractivity contribution in [1.82, 2.24) is 9.80 Å². The Kier molecular flexibility index (Phi) is 5.73. The minimum atomic E-state index is -0.123. The number of carbonyl (C=O) groups is 1. The molecule has 1 aromatic carbocycles. The van der Waals surface area contributed by atoms with E-state index < -0.39 is 0 Å². The average Bonchev–Trinajstić information content (AvgIpc) is 2.71. The Morgan fingerprint density at radius 2 is 2.05 bits per heavy atom. The number of hydrogen-bond donors (Lipinski definition) is 2. The van der Waals surface area contributed by atoms with Crippen LogP contribution in [0.4, 0.5) is 5.69 Å². The average molecular weight is 290 g/mol. The van der Waals surface area contributed by atoms with E-state index in [9.17, 15) is 4.79 Å². The standard InChI is InChI=1S/C16H26N4O/c1-13(20-9-5-8-19(2)10-11-20)16(21)18-15-7-4-3-6-14(15)12-17/h3-4,6-7,13H,5,8-12,17H2,1-2H3,(H,18,21). The number of anilines is 1. The number of nitrogens with one attached hydrogen (secondary N) is 1. The smallest absolute Gasteiger partial charge is 0.241 e. The molecule has 1 atom stereocenters. The summed E-state index contributed by atoms with van der Waals surface area (Å²) < 4.78 is 0. The number of carbonyl (C=O) groups excluding carboxylic acids is 1. The second kappa shape index (κ2) is 7.54. The van der Waals surface area contributed by atoms with Crippen LogP contribution in [0.15, 0.2) is 24.3 Å². The van der Waals surface area contributed by atoms with E-state index >= 15 is 0 Å². The van der Waals surface area contributed by atoms with Gasteiger partial charge >= 0.3 is 0 Å². The van der Waals surface area contributed by atoms with Gasteiger partial charge in [-0.2, -0.15) is 0 Å². The van der Waals surface area contributed by atoms with E-state index in [2.05, 4.69) is 22.2 Å². The molecule has 1 aliphatic heterocycles. The van der Waals surface area contributed by atoms with E-state index in [1.807, 2.05) is 31.2 Å². The van der Waals surface area contributed by atoms with Gasteiger partial charge in [-0.25, -0.2) is 0 Å². The number of likely N-dealkylation sites (N-methyl/N-ethyl adjacent to an activating group) is 1. The summed E-state index contributed by atoms with van der Waals surface area (Å²) in [6.45, 7) is 6.42. The Bertz CT molecular complexity index is 477. The van der Waals surface area contributed by atoms with Gasteiger partial charge in [-0.05, 0) is 38.6 Å². The monoisotopic (exact) mass is 290 g/mol. The molecule has 0 spiro atoms. The van der Waals surface area contributed by atoms with Gasteiger partial charge in [0.25, 0.3) is 0 Å². The molecule has 116 valence electrons. The molecule has 1 saturated heterocycles. The van der Waals surface area contributed by atoms with Crippen molar-refractivity contribution in [1.29, 1.82) is 0 Å². The maximum absolute atomic E-state index is 12.5. The topological polar surface area (TPSA) is 61.6 Å². The van der Waals surface area contributed by atoms with Crippen molar-refractivity contribution in [3.8, 4) is 0 Å². The van der Waals surface area contributed by atoms with Crippen molar-refractivity contribution in [2.24, 2.45) is 5.73 Å². The lowest BCUT2D eigenvalue weighted by molar-refractivity contribution is -0.120. The summed E-state index contributed by atoms with van der Waals surface area (Å²) in [5, 5.41) is 3.02. The predicted molar refractivity (Wildman–Crippen MR) is 86.1 cm³/mol. The molecule has 0 saturated carbocycles. The van der Waals surface area contributed by atoms with E-state index in [0.29, 0.717) is 6.54 Å². The Morgan fingerprint density at radius 3 is 2.81 bits per heavy atom. The van der Waals surface area contributed by atoms with Gasteiger partial charge in [0.05, 0.1) is 6.04 Å². The minimum absolute atomic E-state index is 0.0421. The van der Waals surface area contributed by atoms with Gasteiger partial charge in [0.1, 0.15) is 0 Å². The molecule has 5 nitrogen and oxygen atoms in total. The van der Waals surface area contributed by atoms with Crippen molar-refractivity contribution in [2.75, 3.05) is 38.5 Å².